The van der Waals surface area contributed by atoms with Gasteiger partial charge in [0.25, 0.3) is 0 Å². The van der Waals surface area contributed by atoms with Gasteiger partial charge < -0.3 is 9.47 Å². The number of ether oxygens (including phenoxy) is 2. The summed E-state index contributed by atoms with van der Waals surface area (Å²) >= 11 is 1.71. The molecule has 0 spiro atoms. The molecule has 3 rings (SSSR count). The van der Waals surface area contributed by atoms with Crippen molar-refractivity contribution < 1.29 is 9.47 Å². The molecule has 1 saturated heterocycles. The minimum atomic E-state index is 0.225. The van der Waals surface area contributed by atoms with E-state index in [1.807, 2.05) is 20.0 Å². The monoisotopic (exact) mass is 319 g/mol. The van der Waals surface area contributed by atoms with Crippen LogP contribution in [0.3, 0.4) is 0 Å². The van der Waals surface area contributed by atoms with E-state index in [1.165, 1.54) is 0 Å². The smallest absolute Gasteiger partial charge is 0.137 e. The summed E-state index contributed by atoms with van der Waals surface area (Å²) in [6.07, 6.45) is 3.66. The standard InChI is InChI=1S/C16H21N3O2S/c1-3-21-14-6-13(7-17-8-14)9-19-4-5-20-10-15(19)16-18-12(2)11-22-16/h6-8,11,15H,3-5,9-10H2,1-2H3. The largest absolute Gasteiger partial charge is 0.492 e. The number of aryl methyl sites for hydroxylation is 1. The van der Waals surface area contributed by atoms with Crippen LogP contribution in [0, 0.1) is 6.92 Å². The van der Waals surface area contributed by atoms with Crippen molar-refractivity contribution in [2.24, 2.45) is 0 Å². The van der Waals surface area contributed by atoms with Crippen LogP contribution in [0.5, 0.6) is 5.75 Å². The Morgan fingerprint density at radius 1 is 1.45 bits per heavy atom. The van der Waals surface area contributed by atoms with Gasteiger partial charge in [0.05, 0.1) is 32.1 Å². The van der Waals surface area contributed by atoms with E-state index in [0.29, 0.717) is 13.2 Å². The molecule has 118 valence electrons. The average Bonchev–Trinajstić information content (AvgIpc) is 2.95. The molecule has 22 heavy (non-hydrogen) atoms. The topological polar surface area (TPSA) is 47.5 Å². The maximum Gasteiger partial charge on any atom is 0.137 e. The van der Waals surface area contributed by atoms with E-state index in [9.17, 15) is 0 Å². The SMILES string of the molecule is CCOc1cncc(CN2CCOCC2c2nc(C)cs2)c1. The Morgan fingerprint density at radius 2 is 2.36 bits per heavy atom. The van der Waals surface area contributed by atoms with Crippen LogP contribution in [0.2, 0.25) is 0 Å². The maximum atomic E-state index is 5.66. The molecule has 6 heteroatoms. The zero-order valence-electron chi connectivity index (χ0n) is 13.0. The summed E-state index contributed by atoms with van der Waals surface area (Å²) in [5.41, 5.74) is 2.23. The number of hydrogen-bond donors (Lipinski definition) is 0. The van der Waals surface area contributed by atoms with Gasteiger partial charge in [0.2, 0.25) is 0 Å². The van der Waals surface area contributed by atoms with E-state index >= 15 is 0 Å². The Balaban J connectivity index is 1.75. The molecule has 2 aromatic rings. The fraction of sp³-hybridized carbons (Fsp3) is 0.500. The fourth-order valence-corrected chi connectivity index (χ4v) is 3.53. The highest BCUT2D eigenvalue weighted by molar-refractivity contribution is 7.09. The van der Waals surface area contributed by atoms with E-state index < -0.39 is 0 Å². The predicted molar refractivity (Wildman–Crippen MR) is 86.2 cm³/mol. The Bertz CT molecular complexity index is 617. The van der Waals surface area contributed by atoms with Crippen molar-refractivity contribution in [1.29, 1.82) is 0 Å². The summed E-state index contributed by atoms with van der Waals surface area (Å²) in [6, 6.07) is 2.29. The van der Waals surface area contributed by atoms with E-state index in [2.05, 4.69) is 26.3 Å². The van der Waals surface area contributed by atoms with Gasteiger partial charge in [-0.3, -0.25) is 9.88 Å². The van der Waals surface area contributed by atoms with Gasteiger partial charge >= 0.3 is 0 Å². The molecule has 5 nitrogen and oxygen atoms in total. The molecule has 1 atom stereocenters. The number of nitrogens with zero attached hydrogens (tertiary/aromatic N) is 3. The van der Waals surface area contributed by atoms with Gasteiger partial charge in [-0.05, 0) is 25.5 Å². The van der Waals surface area contributed by atoms with Gasteiger partial charge in [0.15, 0.2) is 0 Å². The summed E-state index contributed by atoms with van der Waals surface area (Å²) in [6.45, 7) is 7.87. The van der Waals surface area contributed by atoms with Crippen molar-refractivity contribution in [3.63, 3.8) is 0 Å². The van der Waals surface area contributed by atoms with Crippen LogP contribution in [-0.2, 0) is 11.3 Å². The molecule has 1 unspecified atom stereocenters. The molecule has 0 radical (unpaired) electrons. The molecule has 1 aliphatic rings. The third kappa shape index (κ3) is 3.63. The Morgan fingerprint density at radius 3 is 3.14 bits per heavy atom. The van der Waals surface area contributed by atoms with Crippen LogP contribution >= 0.6 is 11.3 Å². The van der Waals surface area contributed by atoms with Gasteiger partial charge in [-0.2, -0.15) is 0 Å². The maximum absolute atomic E-state index is 5.66. The molecule has 2 aromatic heterocycles. The van der Waals surface area contributed by atoms with Crippen LogP contribution in [-0.4, -0.2) is 41.2 Å². The van der Waals surface area contributed by atoms with Crippen molar-refractivity contribution in [3.05, 3.63) is 40.1 Å². The highest BCUT2D eigenvalue weighted by Crippen LogP contribution is 2.28. The van der Waals surface area contributed by atoms with Crippen molar-refractivity contribution in [2.75, 3.05) is 26.4 Å². The first-order valence-electron chi connectivity index (χ1n) is 7.57. The van der Waals surface area contributed by atoms with E-state index in [1.54, 1.807) is 17.5 Å². The molecule has 1 fully saturated rings. The first-order valence-corrected chi connectivity index (χ1v) is 8.44. The lowest BCUT2D eigenvalue weighted by molar-refractivity contribution is -0.0128. The summed E-state index contributed by atoms with van der Waals surface area (Å²) in [5.74, 6) is 0.829. The van der Waals surface area contributed by atoms with Crippen LogP contribution in [0.4, 0.5) is 0 Å². The molecule has 0 aromatic carbocycles. The number of rotatable bonds is 5. The third-order valence-corrected chi connectivity index (χ3v) is 4.69. The second kappa shape index (κ2) is 7.17. The molecule has 0 N–H and O–H groups in total. The number of hydrogen-bond acceptors (Lipinski definition) is 6. The number of pyridine rings is 1. The van der Waals surface area contributed by atoms with Crippen molar-refractivity contribution in [2.45, 2.75) is 26.4 Å². The highest BCUT2D eigenvalue weighted by atomic mass is 32.1. The predicted octanol–water partition coefficient (Wildman–Crippen LogP) is 2.82. The van der Waals surface area contributed by atoms with Crippen LogP contribution in [0.1, 0.15) is 29.2 Å². The minimum Gasteiger partial charge on any atom is -0.492 e. The van der Waals surface area contributed by atoms with E-state index in [0.717, 1.165) is 41.7 Å². The quantitative estimate of drug-likeness (QED) is 0.848. The lowest BCUT2D eigenvalue weighted by Crippen LogP contribution is -2.39. The molecule has 0 saturated carbocycles. The zero-order chi connectivity index (χ0) is 15.4. The first-order chi connectivity index (χ1) is 10.8. The zero-order valence-corrected chi connectivity index (χ0v) is 13.8. The van der Waals surface area contributed by atoms with Crippen LogP contribution in [0.25, 0.3) is 0 Å². The summed E-state index contributed by atoms with van der Waals surface area (Å²) < 4.78 is 11.2. The Labute approximate surface area is 134 Å². The van der Waals surface area contributed by atoms with Crippen LogP contribution < -0.4 is 4.74 Å². The summed E-state index contributed by atoms with van der Waals surface area (Å²) in [7, 11) is 0. The van der Waals surface area contributed by atoms with E-state index in [4.69, 9.17) is 9.47 Å². The Hall–Kier alpha value is -1.50. The van der Waals surface area contributed by atoms with Crippen LogP contribution in [0.15, 0.2) is 23.8 Å². The van der Waals surface area contributed by atoms with Gasteiger partial charge in [0, 0.05) is 30.4 Å². The average molecular weight is 319 g/mol. The molecule has 0 amide bonds. The van der Waals surface area contributed by atoms with Crippen molar-refractivity contribution >= 4 is 11.3 Å². The second-order valence-electron chi connectivity index (χ2n) is 5.35. The normalized spacial score (nSPS) is 19.3. The van der Waals surface area contributed by atoms with Gasteiger partial charge in [-0.25, -0.2) is 4.98 Å². The van der Waals surface area contributed by atoms with Gasteiger partial charge in [-0.15, -0.1) is 11.3 Å². The Kier molecular flexibility index (Phi) is 5.02. The minimum absolute atomic E-state index is 0.225. The van der Waals surface area contributed by atoms with Crippen molar-refractivity contribution in [1.82, 2.24) is 14.9 Å². The first kappa shape index (κ1) is 15.4. The molecule has 0 bridgehead atoms. The summed E-state index contributed by atoms with van der Waals surface area (Å²) in [4.78, 5) is 11.3. The lowest BCUT2D eigenvalue weighted by atomic mass is 10.2. The number of thiazole rings is 1. The van der Waals surface area contributed by atoms with Gasteiger partial charge in [-0.1, -0.05) is 0 Å². The van der Waals surface area contributed by atoms with E-state index in [-0.39, 0.29) is 6.04 Å². The van der Waals surface area contributed by atoms with Crippen molar-refractivity contribution in [3.8, 4) is 5.75 Å². The fourth-order valence-electron chi connectivity index (χ4n) is 2.61. The lowest BCUT2D eigenvalue weighted by Gasteiger charge is -2.34. The molecule has 3 heterocycles. The number of morpholine rings is 1. The highest BCUT2D eigenvalue weighted by Gasteiger charge is 2.27. The summed E-state index contributed by atoms with van der Waals surface area (Å²) in [5, 5.41) is 3.23. The molecule has 0 aliphatic carbocycles. The second-order valence-corrected chi connectivity index (χ2v) is 6.24. The third-order valence-electron chi connectivity index (χ3n) is 3.63. The molecular weight excluding hydrogens is 298 g/mol. The molecule has 1 aliphatic heterocycles. The van der Waals surface area contributed by atoms with Gasteiger partial charge in [0.1, 0.15) is 10.8 Å². The molecular formula is C16H21N3O2S. The number of aromatic nitrogens is 2.